The Bertz CT molecular complexity index is 583. The van der Waals surface area contributed by atoms with Gasteiger partial charge in [-0.1, -0.05) is 39.0 Å². The van der Waals surface area contributed by atoms with Crippen molar-refractivity contribution in [3.05, 3.63) is 42.5 Å². The predicted molar refractivity (Wildman–Crippen MR) is 85.3 cm³/mol. The molecule has 0 amide bonds. The van der Waals surface area contributed by atoms with E-state index in [1.54, 1.807) is 0 Å². The Balaban J connectivity index is 2.89. The van der Waals surface area contributed by atoms with Crippen LogP contribution in [0.25, 0.3) is 0 Å². The molecule has 0 aromatic heterocycles. The number of nitro groups is 3. The lowest BCUT2D eigenvalue weighted by Gasteiger charge is -2.07. The molecule has 10 nitrogen and oxygen atoms in total. The van der Waals surface area contributed by atoms with Crippen LogP contribution in [0.4, 0.5) is 17.1 Å². The smallest absolute Gasteiger partial charge is 0.325 e. The van der Waals surface area contributed by atoms with E-state index in [1.807, 2.05) is 0 Å². The van der Waals surface area contributed by atoms with Crippen molar-refractivity contribution >= 4 is 17.1 Å². The lowest BCUT2D eigenvalue weighted by atomic mass is 10.1. The number of hydrogen-bond acceptors (Lipinski definition) is 7. The summed E-state index contributed by atoms with van der Waals surface area (Å²) in [6, 6.07) is 1.34. The van der Waals surface area contributed by atoms with Gasteiger partial charge in [0, 0.05) is 0 Å². The van der Waals surface area contributed by atoms with Gasteiger partial charge >= 0.3 is 11.4 Å². The quantitative estimate of drug-likeness (QED) is 0.334. The highest BCUT2D eigenvalue weighted by Crippen LogP contribution is 2.40. The number of unbranched alkanes of at least 4 members (excludes halogenated alkanes) is 5. The Morgan fingerprint density at radius 3 is 1.79 bits per heavy atom. The zero-order valence-corrected chi connectivity index (χ0v) is 13.3. The van der Waals surface area contributed by atoms with Crippen molar-refractivity contribution in [3.63, 3.8) is 0 Å². The number of non-ortho nitro benzene ring substituents is 1. The second-order valence-corrected chi connectivity index (χ2v) is 5.20. The highest BCUT2D eigenvalue weighted by atomic mass is 16.6. The predicted octanol–water partition coefficient (Wildman–Crippen LogP) is 4.15. The fraction of sp³-hybridized carbons (Fsp3) is 0.571. The molecule has 0 heterocycles. The molecule has 0 aliphatic rings. The molecule has 24 heavy (non-hydrogen) atoms. The van der Waals surface area contributed by atoms with Crippen LogP contribution in [0.15, 0.2) is 12.1 Å². The van der Waals surface area contributed by atoms with E-state index in [-0.39, 0.29) is 6.61 Å². The fourth-order valence-electron chi connectivity index (χ4n) is 2.17. The molecule has 1 rings (SSSR count). The third-order valence-electron chi connectivity index (χ3n) is 3.38. The van der Waals surface area contributed by atoms with Gasteiger partial charge in [0.1, 0.15) is 0 Å². The second kappa shape index (κ2) is 9.38. The summed E-state index contributed by atoms with van der Waals surface area (Å²) in [7, 11) is 0. The molecular weight excluding hydrogens is 322 g/mol. The van der Waals surface area contributed by atoms with Crippen molar-refractivity contribution in [2.45, 2.75) is 45.4 Å². The number of benzene rings is 1. The van der Waals surface area contributed by atoms with Crippen molar-refractivity contribution < 1.29 is 19.5 Å². The molecule has 10 heteroatoms. The molecular formula is C14H19N3O7. The maximum Gasteiger partial charge on any atom is 0.325 e. The molecule has 0 bridgehead atoms. The number of rotatable bonds is 11. The third-order valence-corrected chi connectivity index (χ3v) is 3.38. The Morgan fingerprint density at radius 2 is 1.33 bits per heavy atom. The second-order valence-electron chi connectivity index (χ2n) is 5.20. The summed E-state index contributed by atoms with van der Waals surface area (Å²) < 4.78 is 5.23. The maximum atomic E-state index is 11.1. The van der Waals surface area contributed by atoms with Gasteiger partial charge in [0.05, 0.1) is 33.5 Å². The minimum Gasteiger partial charge on any atom is -0.482 e. The zero-order valence-electron chi connectivity index (χ0n) is 13.3. The topological polar surface area (TPSA) is 139 Å². The Kier molecular flexibility index (Phi) is 7.53. The van der Waals surface area contributed by atoms with E-state index in [4.69, 9.17) is 4.74 Å². The number of hydrogen-bond donors (Lipinski definition) is 0. The Hall–Kier alpha value is -2.78. The minimum atomic E-state index is -0.920. The van der Waals surface area contributed by atoms with Crippen LogP contribution in [0.5, 0.6) is 5.75 Å². The van der Waals surface area contributed by atoms with Crippen molar-refractivity contribution in [1.29, 1.82) is 0 Å². The zero-order chi connectivity index (χ0) is 18.1. The summed E-state index contributed by atoms with van der Waals surface area (Å²) in [5.74, 6) is -0.538. The van der Waals surface area contributed by atoms with Crippen LogP contribution < -0.4 is 4.74 Å². The normalized spacial score (nSPS) is 10.4. The van der Waals surface area contributed by atoms with E-state index in [9.17, 15) is 30.3 Å². The van der Waals surface area contributed by atoms with Crippen LogP contribution in [0.1, 0.15) is 45.4 Å². The largest absolute Gasteiger partial charge is 0.482 e. The first-order valence-corrected chi connectivity index (χ1v) is 7.62. The maximum absolute atomic E-state index is 11.1. The van der Waals surface area contributed by atoms with Crippen LogP contribution in [0.3, 0.4) is 0 Å². The van der Waals surface area contributed by atoms with Crippen molar-refractivity contribution in [2.75, 3.05) is 6.61 Å². The molecule has 0 atom stereocenters. The van der Waals surface area contributed by atoms with Gasteiger partial charge in [-0.25, -0.2) is 0 Å². The van der Waals surface area contributed by atoms with E-state index >= 15 is 0 Å². The summed E-state index contributed by atoms with van der Waals surface area (Å²) in [5.41, 5.74) is -2.27. The molecule has 0 fully saturated rings. The first-order valence-electron chi connectivity index (χ1n) is 7.62. The van der Waals surface area contributed by atoms with Gasteiger partial charge in [-0.3, -0.25) is 30.3 Å². The molecule has 0 radical (unpaired) electrons. The van der Waals surface area contributed by atoms with Gasteiger partial charge in [0.25, 0.3) is 11.4 Å². The fourth-order valence-corrected chi connectivity index (χ4v) is 2.17. The van der Waals surface area contributed by atoms with Gasteiger partial charge in [0.2, 0.25) is 0 Å². The Labute approximate surface area is 137 Å². The first kappa shape index (κ1) is 19.3. The molecule has 0 aliphatic heterocycles. The van der Waals surface area contributed by atoms with E-state index in [2.05, 4.69) is 6.92 Å². The van der Waals surface area contributed by atoms with Crippen LogP contribution in [-0.2, 0) is 0 Å². The number of nitro benzene ring substituents is 3. The molecule has 0 N–H and O–H groups in total. The summed E-state index contributed by atoms with van der Waals surface area (Å²) >= 11 is 0. The highest BCUT2D eigenvalue weighted by Gasteiger charge is 2.32. The van der Waals surface area contributed by atoms with Crippen molar-refractivity contribution in [1.82, 2.24) is 0 Å². The van der Waals surface area contributed by atoms with E-state index in [0.717, 1.165) is 32.1 Å². The van der Waals surface area contributed by atoms with Gasteiger partial charge in [-0.05, 0) is 6.42 Å². The molecule has 0 aliphatic carbocycles. The molecule has 132 valence electrons. The lowest BCUT2D eigenvalue weighted by Crippen LogP contribution is -2.05. The van der Waals surface area contributed by atoms with Crippen LogP contribution in [0.2, 0.25) is 0 Å². The number of ether oxygens (including phenoxy) is 1. The van der Waals surface area contributed by atoms with Crippen LogP contribution in [-0.4, -0.2) is 21.4 Å². The SMILES string of the molecule is CCCCCCCCOc1c([N+](=O)[O-])cc([N+](=O)[O-])cc1[N+](=O)[O-]. The summed E-state index contributed by atoms with van der Waals surface area (Å²) in [4.78, 5) is 30.1. The van der Waals surface area contributed by atoms with Crippen molar-refractivity contribution in [3.8, 4) is 5.75 Å². The molecule has 0 unspecified atom stereocenters. The van der Waals surface area contributed by atoms with Crippen molar-refractivity contribution in [2.24, 2.45) is 0 Å². The van der Waals surface area contributed by atoms with Crippen LogP contribution in [0, 0.1) is 30.3 Å². The third kappa shape index (κ3) is 5.45. The highest BCUT2D eigenvalue weighted by molar-refractivity contribution is 5.65. The van der Waals surface area contributed by atoms with E-state index in [0.29, 0.717) is 18.6 Å². The minimum absolute atomic E-state index is 0.0750. The molecule has 0 saturated carbocycles. The first-order chi connectivity index (χ1) is 11.4. The monoisotopic (exact) mass is 341 g/mol. The van der Waals surface area contributed by atoms with Gasteiger partial charge in [-0.2, -0.15) is 0 Å². The van der Waals surface area contributed by atoms with Crippen LogP contribution >= 0.6 is 0 Å². The van der Waals surface area contributed by atoms with Gasteiger partial charge < -0.3 is 4.74 Å². The average Bonchev–Trinajstić information content (AvgIpc) is 2.53. The average molecular weight is 341 g/mol. The summed E-state index contributed by atoms with van der Waals surface area (Å²) in [5, 5.41) is 32.9. The molecule has 0 saturated heterocycles. The molecule has 0 spiro atoms. The van der Waals surface area contributed by atoms with E-state index < -0.39 is 37.6 Å². The standard InChI is InChI=1S/C14H19N3O7/c1-2-3-4-5-6-7-8-24-14-12(16(20)21)9-11(15(18)19)10-13(14)17(22)23/h9-10H,2-8H2,1H3. The Morgan fingerprint density at radius 1 is 0.833 bits per heavy atom. The van der Waals surface area contributed by atoms with Gasteiger partial charge in [0.15, 0.2) is 0 Å². The number of nitrogens with zero attached hydrogens (tertiary/aromatic N) is 3. The lowest BCUT2D eigenvalue weighted by molar-refractivity contribution is -0.404. The van der Waals surface area contributed by atoms with E-state index in [1.165, 1.54) is 0 Å². The summed E-state index contributed by atoms with van der Waals surface area (Å²) in [6.07, 6.45) is 5.73. The summed E-state index contributed by atoms with van der Waals surface area (Å²) in [6.45, 7) is 2.17. The van der Waals surface area contributed by atoms with Gasteiger partial charge in [-0.15, -0.1) is 0 Å². The molecule has 1 aromatic rings. The molecule has 1 aromatic carbocycles.